The predicted octanol–water partition coefficient (Wildman–Crippen LogP) is 4.98. The highest BCUT2D eigenvalue weighted by Gasteiger charge is 2.34. The van der Waals surface area contributed by atoms with Gasteiger partial charge in [0.2, 0.25) is 0 Å². The molecule has 0 radical (unpaired) electrons. The second kappa shape index (κ2) is 6.71. The van der Waals surface area contributed by atoms with Crippen LogP contribution in [-0.4, -0.2) is 25.0 Å². The molecule has 1 N–H and O–H groups in total. The number of H-pyrrole nitrogens is 1. The normalized spacial score (nSPS) is 12.0. The van der Waals surface area contributed by atoms with Crippen molar-refractivity contribution in [2.24, 2.45) is 0 Å². The first kappa shape index (κ1) is 17.4. The third kappa shape index (κ3) is 2.74. The van der Waals surface area contributed by atoms with Crippen molar-refractivity contribution in [1.82, 2.24) is 4.98 Å². The SMILES string of the molecule is COc1cc(OC)c2c(c1)-c1[nH]c3ccc(OCc4ccccc4)cc3c1C2=O. The molecule has 1 aromatic heterocycles. The Kier molecular flexibility index (Phi) is 4.02. The van der Waals surface area contributed by atoms with Gasteiger partial charge >= 0.3 is 0 Å². The molecule has 1 aliphatic rings. The van der Waals surface area contributed by atoms with Crippen LogP contribution in [0.4, 0.5) is 0 Å². The first-order chi connectivity index (χ1) is 14.2. The van der Waals surface area contributed by atoms with Gasteiger partial charge in [-0.05, 0) is 29.8 Å². The van der Waals surface area contributed by atoms with E-state index in [1.54, 1.807) is 20.3 Å². The molecular formula is C24H19NO4. The summed E-state index contributed by atoms with van der Waals surface area (Å²) in [5.41, 5.74) is 4.77. The fourth-order valence-electron chi connectivity index (χ4n) is 3.86. The van der Waals surface area contributed by atoms with Crippen LogP contribution in [0.2, 0.25) is 0 Å². The fraction of sp³-hybridized carbons (Fsp3) is 0.125. The van der Waals surface area contributed by atoms with Crippen LogP contribution < -0.4 is 14.2 Å². The highest BCUT2D eigenvalue weighted by atomic mass is 16.5. The third-order valence-electron chi connectivity index (χ3n) is 5.27. The van der Waals surface area contributed by atoms with Gasteiger partial charge in [0.1, 0.15) is 23.9 Å². The smallest absolute Gasteiger partial charge is 0.200 e. The van der Waals surface area contributed by atoms with E-state index in [1.807, 2.05) is 54.6 Å². The van der Waals surface area contributed by atoms with Gasteiger partial charge in [-0.3, -0.25) is 4.79 Å². The van der Waals surface area contributed by atoms with Crippen LogP contribution in [0.3, 0.4) is 0 Å². The summed E-state index contributed by atoms with van der Waals surface area (Å²) in [6.07, 6.45) is 0. The topological polar surface area (TPSA) is 60.6 Å². The van der Waals surface area contributed by atoms with Crippen molar-refractivity contribution in [2.75, 3.05) is 14.2 Å². The largest absolute Gasteiger partial charge is 0.497 e. The van der Waals surface area contributed by atoms with E-state index in [9.17, 15) is 4.79 Å². The summed E-state index contributed by atoms with van der Waals surface area (Å²) in [5.74, 6) is 1.82. The number of rotatable bonds is 5. The summed E-state index contributed by atoms with van der Waals surface area (Å²) in [4.78, 5) is 16.6. The Bertz CT molecular complexity index is 1240. The standard InChI is InChI=1S/C24H19NO4/c1-27-16-11-18-21(20(12-16)28-2)24(26)22-17-10-15(8-9-19(17)25-23(18)22)29-13-14-6-4-3-5-7-14/h3-12,25H,13H2,1-2H3. The number of aromatic amines is 1. The number of benzene rings is 3. The van der Waals surface area contributed by atoms with Gasteiger partial charge in [0.05, 0.1) is 31.0 Å². The number of methoxy groups -OCH3 is 2. The van der Waals surface area contributed by atoms with Crippen LogP contribution in [0.15, 0.2) is 60.7 Å². The molecule has 0 amide bonds. The Labute approximate surface area is 167 Å². The van der Waals surface area contributed by atoms with Crippen LogP contribution in [0, 0.1) is 0 Å². The zero-order chi connectivity index (χ0) is 20.0. The predicted molar refractivity (Wildman–Crippen MR) is 111 cm³/mol. The molecule has 0 spiro atoms. The summed E-state index contributed by atoms with van der Waals surface area (Å²) >= 11 is 0. The lowest BCUT2D eigenvalue weighted by atomic mass is 10.1. The molecule has 3 aromatic carbocycles. The summed E-state index contributed by atoms with van der Waals surface area (Å²) in [5, 5.41) is 0.841. The Balaban J connectivity index is 1.57. The van der Waals surface area contributed by atoms with Gasteiger partial charge in [-0.1, -0.05) is 30.3 Å². The lowest BCUT2D eigenvalue weighted by Gasteiger charge is -2.10. The van der Waals surface area contributed by atoms with Gasteiger partial charge in [-0.15, -0.1) is 0 Å². The molecule has 0 bridgehead atoms. The summed E-state index contributed by atoms with van der Waals surface area (Å²) < 4.78 is 16.8. The molecule has 0 fully saturated rings. The highest BCUT2D eigenvalue weighted by Crippen LogP contribution is 2.46. The Morgan fingerprint density at radius 1 is 0.862 bits per heavy atom. The minimum atomic E-state index is -0.0547. The molecule has 5 heteroatoms. The van der Waals surface area contributed by atoms with Gasteiger partial charge < -0.3 is 19.2 Å². The summed E-state index contributed by atoms with van der Waals surface area (Å²) in [6.45, 7) is 0.470. The molecular weight excluding hydrogens is 366 g/mol. The second-order valence-electron chi connectivity index (χ2n) is 6.94. The second-order valence-corrected chi connectivity index (χ2v) is 6.94. The summed E-state index contributed by atoms with van der Waals surface area (Å²) in [6, 6.07) is 19.4. The van der Waals surface area contributed by atoms with Crippen LogP contribution in [0.25, 0.3) is 22.2 Å². The average Bonchev–Trinajstić information content (AvgIpc) is 3.27. The zero-order valence-corrected chi connectivity index (χ0v) is 16.1. The molecule has 5 rings (SSSR count). The number of ether oxygens (including phenoxy) is 3. The van der Waals surface area contributed by atoms with E-state index in [4.69, 9.17) is 14.2 Å². The maximum Gasteiger partial charge on any atom is 0.200 e. The molecule has 29 heavy (non-hydrogen) atoms. The van der Waals surface area contributed by atoms with Crippen LogP contribution in [0.5, 0.6) is 17.2 Å². The van der Waals surface area contributed by atoms with E-state index < -0.39 is 0 Å². The number of carbonyl (C=O) groups is 1. The van der Waals surface area contributed by atoms with E-state index in [2.05, 4.69) is 4.98 Å². The van der Waals surface area contributed by atoms with Crippen molar-refractivity contribution in [2.45, 2.75) is 6.61 Å². The van der Waals surface area contributed by atoms with Crippen molar-refractivity contribution >= 4 is 16.7 Å². The highest BCUT2D eigenvalue weighted by molar-refractivity contribution is 6.28. The number of nitrogens with one attached hydrogen (secondary N) is 1. The van der Waals surface area contributed by atoms with Crippen molar-refractivity contribution < 1.29 is 19.0 Å². The Morgan fingerprint density at radius 2 is 1.69 bits per heavy atom. The lowest BCUT2D eigenvalue weighted by Crippen LogP contribution is -2.00. The Morgan fingerprint density at radius 3 is 2.45 bits per heavy atom. The van der Waals surface area contributed by atoms with Crippen LogP contribution in [0.1, 0.15) is 21.5 Å². The molecule has 0 aliphatic heterocycles. The minimum Gasteiger partial charge on any atom is -0.497 e. The van der Waals surface area contributed by atoms with Crippen molar-refractivity contribution in [3.05, 3.63) is 77.4 Å². The van der Waals surface area contributed by atoms with Crippen LogP contribution in [-0.2, 0) is 6.61 Å². The lowest BCUT2D eigenvalue weighted by molar-refractivity contribution is 0.104. The monoisotopic (exact) mass is 385 g/mol. The third-order valence-corrected chi connectivity index (χ3v) is 5.27. The number of hydrogen-bond acceptors (Lipinski definition) is 4. The number of ketones is 1. The van der Waals surface area contributed by atoms with Gasteiger partial charge in [0, 0.05) is 22.5 Å². The molecule has 0 saturated heterocycles. The maximum atomic E-state index is 13.3. The van der Waals surface area contributed by atoms with E-state index in [-0.39, 0.29) is 5.78 Å². The maximum absolute atomic E-state index is 13.3. The molecule has 0 atom stereocenters. The molecule has 1 aliphatic carbocycles. The minimum absolute atomic E-state index is 0.0547. The number of aromatic nitrogens is 1. The van der Waals surface area contributed by atoms with Crippen molar-refractivity contribution in [3.63, 3.8) is 0 Å². The fourth-order valence-corrected chi connectivity index (χ4v) is 3.86. The zero-order valence-electron chi connectivity index (χ0n) is 16.1. The van der Waals surface area contributed by atoms with Gasteiger partial charge in [0.15, 0.2) is 5.78 Å². The quantitative estimate of drug-likeness (QED) is 0.464. The molecule has 1 heterocycles. The molecule has 0 saturated carbocycles. The van der Waals surface area contributed by atoms with Gasteiger partial charge in [-0.25, -0.2) is 0 Å². The summed E-state index contributed by atoms with van der Waals surface area (Å²) in [7, 11) is 3.16. The Hall–Kier alpha value is -3.73. The van der Waals surface area contributed by atoms with Crippen molar-refractivity contribution in [3.8, 4) is 28.5 Å². The first-order valence-corrected chi connectivity index (χ1v) is 9.33. The number of hydrogen-bond donors (Lipinski definition) is 1. The molecule has 144 valence electrons. The van der Waals surface area contributed by atoms with Crippen molar-refractivity contribution in [1.29, 1.82) is 0 Å². The van der Waals surface area contributed by atoms with E-state index >= 15 is 0 Å². The van der Waals surface area contributed by atoms with E-state index in [0.29, 0.717) is 29.2 Å². The van der Waals surface area contributed by atoms with Crippen LogP contribution >= 0.6 is 0 Å². The molecule has 4 aromatic rings. The van der Waals surface area contributed by atoms with E-state index in [0.717, 1.165) is 33.5 Å². The van der Waals surface area contributed by atoms with Gasteiger partial charge in [0.25, 0.3) is 0 Å². The van der Waals surface area contributed by atoms with E-state index in [1.165, 1.54) is 0 Å². The number of fused-ring (bicyclic) bond motifs is 5. The van der Waals surface area contributed by atoms with Gasteiger partial charge in [-0.2, -0.15) is 0 Å². The number of carbonyl (C=O) groups excluding carboxylic acids is 1. The molecule has 0 unspecified atom stereocenters. The average molecular weight is 385 g/mol. The first-order valence-electron chi connectivity index (χ1n) is 9.33. The molecule has 5 nitrogen and oxygen atoms in total.